The lowest BCUT2D eigenvalue weighted by atomic mass is 10.1. The minimum atomic E-state index is -0.759. The van der Waals surface area contributed by atoms with Crippen LogP contribution in [0.4, 0.5) is 10.1 Å². The fourth-order valence-corrected chi connectivity index (χ4v) is 2.03. The normalized spacial score (nSPS) is 17.8. The van der Waals surface area contributed by atoms with Crippen LogP contribution in [0.5, 0.6) is 0 Å². The van der Waals surface area contributed by atoms with E-state index in [1.165, 1.54) is 6.07 Å². The molecule has 1 fully saturated rings. The minimum absolute atomic E-state index is 0.126. The minimum Gasteiger partial charge on any atom is -0.389 e. The zero-order chi connectivity index (χ0) is 12.4. The van der Waals surface area contributed by atoms with Gasteiger partial charge in [0.25, 0.3) is 0 Å². The van der Waals surface area contributed by atoms with Crippen LogP contribution in [0.3, 0.4) is 0 Å². The van der Waals surface area contributed by atoms with Gasteiger partial charge in [-0.2, -0.15) is 0 Å². The molecule has 2 rings (SSSR count). The average molecular weight is 238 g/mol. The number of para-hydroxylation sites is 1. The molecule has 4 nitrogen and oxygen atoms in total. The maximum absolute atomic E-state index is 13.8. The van der Waals surface area contributed by atoms with E-state index in [1.807, 2.05) is 0 Å². The maximum atomic E-state index is 13.8. The summed E-state index contributed by atoms with van der Waals surface area (Å²) in [5.41, 5.74) is 0.844. The molecule has 0 aliphatic carbocycles. The number of hydrogen-bond donors (Lipinski definition) is 2. The number of carbonyl (C=O) groups excluding carboxylic acids is 1. The lowest BCUT2D eigenvalue weighted by Crippen LogP contribution is -2.48. The average Bonchev–Trinajstić information content (AvgIpc) is 2.28. The van der Waals surface area contributed by atoms with E-state index in [-0.39, 0.29) is 12.5 Å². The standard InChI is InChI=1S/C12H15FN2O2/c1-8(16)9-3-2-4-10(13)12(9)15-6-5-14-11(17)7-15/h2-4,8,16H,5-7H2,1H3,(H,14,17)/t8-/m1/s1. The fourth-order valence-electron chi connectivity index (χ4n) is 2.03. The number of halogens is 1. The molecule has 1 aromatic carbocycles. The SMILES string of the molecule is C[C@@H](O)c1cccc(F)c1N1CCNC(=O)C1. The van der Waals surface area contributed by atoms with Crippen molar-refractivity contribution in [3.05, 3.63) is 29.6 Å². The number of piperazine rings is 1. The van der Waals surface area contributed by atoms with Crippen molar-refractivity contribution >= 4 is 11.6 Å². The first-order chi connectivity index (χ1) is 8.09. The molecule has 1 saturated heterocycles. The number of amides is 1. The first kappa shape index (κ1) is 11.9. The van der Waals surface area contributed by atoms with E-state index in [2.05, 4.69) is 5.32 Å². The van der Waals surface area contributed by atoms with Crippen LogP contribution in [-0.2, 0) is 4.79 Å². The number of anilines is 1. The number of hydrogen-bond acceptors (Lipinski definition) is 3. The van der Waals surface area contributed by atoms with Crippen molar-refractivity contribution in [1.82, 2.24) is 5.32 Å². The van der Waals surface area contributed by atoms with Crippen LogP contribution in [0.25, 0.3) is 0 Å². The van der Waals surface area contributed by atoms with Crippen molar-refractivity contribution in [2.45, 2.75) is 13.0 Å². The summed E-state index contributed by atoms with van der Waals surface area (Å²) in [6.07, 6.45) is -0.759. The van der Waals surface area contributed by atoms with Gasteiger partial charge >= 0.3 is 0 Å². The highest BCUT2D eigenvalue weighted by atomic mass is 19.1. The highest BCUT2D eigenvalue weighted by Crippen LogP contribution is 2.29. The molecule has 1 heterocycles. The Balaban J connectivity index is 2.39. The smallest absolute Gasteiger partial charge is 0.239 e. The van der Waals surface area contributed by atoms with Crippen molar-refractivity contribution in [3.63, 3.8) is 0 Å². The van der Waals surface area contributed by atoms with E-state index < -0.39 is 11.9 Å². The number of nitrogens with zero attached hydrogens (tertiary/aromatic N) is 1. The molecule has 5 heteroatoms. The fraction of sp³-hybridized carbons (Fsp3) is 0.417. The van der Waals surface area contributed by atoms with Gasteiger partial charge in [-0.05, 0) is 13.0 Å². The van der Waals surface area contributed by atoms with Gasteiger partial charge < -0.3 is 15.3 Å². The van der Waals surface area contributed by atoms with Crippen LogP contribution < -0.4 is 10.2 Å². The summed E-state index contributed by atoms with van der Waals surface area (Å²) < 4.78 is 13.8. The maximum Gasteiger partial charge on any atom is 0.239 e. The van der Waals surface area contributed by atoms with Crippen molar-refractivity contribution in [3.8, 4) is 0 Å². The zero-order valence-corrected chi connectivity index (χ0v) is 9.61. The lowest BCUT2D eigenvalue weighted by molar-refractivity contribution is -0.120. The second-order valence-electron chi connectivity index (χ2n) is 4.13. The molecule has 2 N–H and O–H groups in total. The first-order valence-electron chi connectivity index (χ1n) is 5.57. The van der Waals surface area contributed by atoms with Crippen LogP contribution >= 0.6 is 0 Å². The Hall–Kier alpha value is -1.62. The molecule has 0 unspecified atom stereocenters. The first-order valence-corrected chi connectivity index (χ1v) is 5.57. The molecule has 17 heavy (non-hydrogen) atoms. The highest BCUT2D eigenvalue weighted by molar-refractivity contribution is 5.83. The highest BCUT2D eigenvalue weighted by Gasteiger charge is 2.23. The molecule has 0 radical (unpaired) electrons. The number of benzene rings is 1. The Kier molecular flexibility index (Phi) is 3.28. The van der Waals surface area contributed by atoms with Crippen molar-refractivity contribution < 1.29 is 14.3 Å². The largest absolute Gasteiger partial charge is 0.389 e. The van der Waals surface area contributed by atoms with Gasteiger partial charge in [-0.3, -0.25) is 4.79 Å². The van der Waals surface area contributed by atoms with Crippen molar-refractivity contribution in [2.75, 3.05) is 24.5 Å². The second-order valence-corrected chi connectivity index (χ2v) is 4.13. The number of carbonyl (C=O) groups is 1. The Morgan fingerprint density at radius 1 is 1.53 bits per heavy atom. The number of aliphatic hydroxyl groups excluding tert-OH is 1. The predicted molar refractivity (Wildman–Crippen MR) is 62.3 cm³/mol. The number of rotatable bonds is 2. The quantitative estimate of drug-likeness (QED) is 0.802. The summed E-state index contributed by atoms with van der Waals surface area (Å²) in [4.78, 5) is 13.0. The molecule has 1 aliphatic heterocycles. The van der Waals surface area contributed by atoms with E-state index in [0.29, 0.717) is 24.3 Å². The van der Waals surface area contributed by atoms with Gasteiger partial charge in [-0.15, -0.1) is 0 Å². The molecule has 0 saturated carbocycles. The Morgan fingerprint density at radius 2 is 2.29 bits per heavy atom. The van der Waals surface area contributed by atoms with Crippen molar-refractivity contribution in [1.29, 1.82) is 0 Å². The van der Waals surface area contributed by atoms with E-state index in [4.69, 9.17) is 0 Å². The summed E-state index contributed by atoms with van der Waals surface area (Å²) in [6, 6.07) is 4.58. The summed E-state index contributed by atoms with van der Waals surface area (Å²) in [7, 11) is 0. The topological polar surface area (TPSA) is 52.6 Å². The van der Waals surface area contributed by atoms with Crippen LogP contribution in [0, 0.1) is 5.82 Å². The van der Waals surface area contributed by atoms with Gasteiger partial charge in [0, 0.05) is 18.7 Å². The predicted octanol–water partition coefficient (Wildman–Crippen LogP) is 0.815. The van der Waals surface area contributed by atoms with Gasteiger partial charge in [-0.25, -0.2) is 4.39 Å². The van der Waals surface area contributed by atoms with Crippen LogP contribution in [0.2, 0.25) is 0 Å². The zero-order valence-electron chi connectivity index (χ0n) is 9.61. The molecular weight excluding hydrogens is 223 g/mol. The van der Waals surface area contributed by atoms with Gasteiger partial charge in [0.15, 0.2) is 0 Å². The summed E-state index contributed by atoms with van der Waals surface area (Å²) in [5, 5.41) is 12.3. The number of nitrogens with one attached hydrogen (secondary N) is 1. The molecule has 1 aliphatic rings. The Bertz CT molecular complexity index is 435. The third-order valence-electron chi connectivity index (χ3n) is 2.82. The summed E-state index contributed by atoms with van der Waals surface area (Å²) in [6.45, 7) is 2.75. The molecule has 92 valence electrons. The van der Waals surface area contributed by atoms with Crippen LogP contribution in [0.1, 0.15) is 18.6 Å². The van der Waals surface area contributed by atoms with Crippen molar-refractivity contribution in [2.24, 2.45) is 0 Å². The van der Waals surface area contributed by atoms with Crippen LogP contribution in [0.15, 0.2) is 18.2 Å². The molecular formula is C12H15FN2O2. The molecule has 1 aromatic rings. The Morgan fingerprint density at radius 3 is 2.94 bits per heavy atom. The summed E-state index contributed by atoms with van der Waals surface area (Å²) in [5.74, 6) is -0.533. The van der Waals surface area contributed by atoms with E-state index in [1.54, 1.807) is 24.0 Å². The van der Waals surface area contributed by atoms with E-state index >= 15 is 0 Å². The molecule has 1 atom stereocenters. The van der Waals surface area contributed by atoms with Gasteiger partial charge in [0.2, 0.25) is 5.91 Å². The van der Waals surface area contributed by atoms with Gasteiger partial charge in [-0.1, -0.05) is 12.1 Å². The summed E-state index contributed by atoms with van der Waals surface area (Å²) >= 11 is 0. The Labute approximate surface area is 99.0 Å². The lowest BCUT2D eigenvalue weighted by Gasteiger charge is -2.31. The monoisotopic (exact) mass is 238 g/mol. The van der Waals surface area contributed by atoms with E-state index in [0.717, 1.165) is 0 Å². The second kappa shape index (κ2) is 4.71. The third kappa shape index (κ3) is 2.39. The molecule has 0 bridgehead atoms. The molecule has 0 spiro atoms. The van der Waals surface area contributed by atoms with Gasteiger partial charge in [0.1, 0.15) is 5.82 Å². The number of aliphatic hydroxyl groups is 1. The van der Waals surface area contributed by atoms with Crippen LogP contribution in [-0.4, -0.2) is 30.6 Å². The third-order valence-corrected chi connectivity index (χ3v) is 2.82. The molecule has 0 aromatic heterocycles. The molecule has 1 amide bonds. The van der Waals surface area contributed by atoms with E-state index in [9.17, 15) is 14.3 Å². The van der Waals surface area contributed by atoms with Gasteiger partial charge in [0.05, 0.1) is 18.3 Å².